The minimum Gasteiger partial charge on any atom is -0.301 e. The first-order valence-electron chi connectivity index (χ1n) is 9.05. The molecular formula is C16H31N3O2S2. The van der Waals surface area contributed by atoms with Crippen LogP contribution in [0.25, 0.3) is 0 Å². The Labute approximate surface area is 145 Å². The number of hydrogen-bond donors (Lipinski definition) is 3. The first-order valence-corrected chi connectivity index (χ1v) is 12.1. The monoisotopic (exact) mass is 361 g/mol. The van der Waals surface area contributed by atoms with Crippen molar-refractivity contribution in [3.8, 4) is 0 Å². The summed E-state index contributed by atoms with van der Waals surface area (Å²) in [6, 6.07) is 0.519. The molecule has 3 heterocycles. The van der Waals surface area contributed by atoms with Crippen LogP contribution in [0.2, 0.25) is 0 Å². The van der Waals surface area contributed by atoms with Gasteiger partial charge in [-0.05, 0) is 56.6 Å². The summed E-state index contributed by atoms with van der Waals surface area (Å²) >= 11 is 2.11. The lowest BCUT2D eigenvalue weighted by molar-refractivity contribution is 0.193. The highest BCUT2D eigenvalue weighted by Crippen LogP contribution is 2.27. The van der Waals surface area contributed by atoms with E-state index in [2.05, 4.69) is 27.7 Å². The molecule has 0 aliphatic carbocycles. The van der Waals surface area contributed by atoms with E-state index in [0.717, 1.165) is 31.2 Å². The van der Waals surface area contributed by atoms with Crippen molar-refractivity contribution in [2.24, 2.45) is 5.92 Å². The van der Waals surface area contributed by atoms with Crippen molar-refractivity contribution in [3.63, 3.8) is 0 Å². The second-order valence-corrected chi connectivity index (χ2v) is 11.0. The number of hydrogen-bond acceptors (Lipinski definition) is 6. The van der Waals surface area contributed by atoms with Gasteiger partial charge in [0.1, 0.15) is 5.37 Å². The van der Waals surface area contributed by atoms with Crippen LogP contribution in [0.1, 0.15) is 44.9 Å². The molecule has 0 bridgehead atoms. The Balaban J connectivity index is 1.43. The Hall–Kier alpha value is 0.180. The average molecular weight is 362 g/mol. The van der Waals surface area contributed by atoms with E-state index in [4.69, 9.17) is 0 Å². The average Bonchev–Trinajstić information content (AvgIpc) is 3.06. The highest BCUT2D eigenvalue weighted by molar-refractivity contribution is 8.00. The number of thioether (sulfide) groups is 1. The second kappa shape index (κ2) is 8.04. The molecule has 3 aliphatic heterocycles. The maximum absolute atomic E-state index is 11.6. The molecule has 0 aromatic carbocycles. The second-order valence-electron chi connectivity index (χ2n) is 7.36. The molecule has 3 fully saturated rings. The summed E-state index contributed by atoms with van der Waals surface area (Å²) < 4.78 is 23.3. The van der Waals surface area contributed by atoms with Crippen molar-refractivity contribution < 1.29 is 8.42 Å². The molecular weight excluding hydrogens is 330 g/mol. The normalized spacial score (nSPS) is 39.4. The zero-order valence-corrected chi connectivity index (χ0v) is 15.7. The molecule has 0 aromatic heterocycles. The Morgan fingerprint density at radius 1 is 1.13 bits per heavy atom. The highest BCUT2D eigenvalue weighted by Gasteiger charge is 2.33. The molecule has 3 aliphatic rings. The fourth-order valence-electron chi connectivity index (χ4n) is 4.14. The van der Waals surface area contributed by atoms with Gasteiger partial charge in [0.15, 0.2) is 9.84 Å². The van der Waals surface area contributed by atoms with Gasteiger partial charge >= 0.3 is 0 Å². The molecule has 3 rings (SSSR count). The van der Waals surface area contributed by atoms with Crippen LogP contribution in [0, 0.1) is 5.92 Å². The van der Waals surface area contributed by atoms with Crippen LogP contribution in [-0.2, 0) is 9.84 Å². The summed E-state index contributed by atoms with van der Waals surface area (Å²) in [5.74, 6) is 1.88. The van der Waals surface area contributed by atoms with Crippen LogP contribution in [0.4, 0.5) is 0 Å². The molecule has 0 aromatic rings. The zero-order chi connectivity index (χ0) is 16.3. The molecule has 3 saturated heterocycles. The molecule has 5 unspecified atom stereocenters. The fraction of sp³-hybridized carbons (Fsp3) is 1.00. The SMILES string of the molecule is CS(=O)(=O)C1CCC(C2CCCC(NCC3CCCS3)N2)CN1. The van der Waals surface area contributed by atoms with Gasteiger partial charge in [0, 0.05) is 30.6 Å². The summed E-state index contributed by atoms with van der Waals surface area (Å²) in [5, 5.41) is 11.2. The first-order chi connectivity index (χ1) is 11.0. The number of sulfone groups is 1. The van der Waals surface area contributed by atoms with Crippen LogP contribution in [-0.4, -0.2) is 56.3 Å². The van der Waals surface area contributed by atoms with Gasteiger partial charge in [0.25, 0.3) is 0 Å². The molecule has 0 radical (unpaired) electrons. The van der Waals surface area contributed by atoms with E-state index in [-0.39, 0.29) is 5.37 Å². The molecule has 23 heavy (non-hydrogen) atoms. The van der Waals surface area contributed by atoms with E-state index in [1.807, 2.05) is 0 Å². The maximum Gasteiger partial charge on any atom is 0.163 e. The molecule has 134 valence electrons. The van der Waals surface area contributed by atoms with E-state index in [1.165, 1.54) is 44.1 Å². The summed E-state index contributed by atoms with van der Waals surface area (Å²) in [4.78, 5) is 0. The van der Waals surface area contributed by atoms with E-state index >= 15 is 0 Å². The van der Waals surface area contributed by atoms with E-state index < -0.39 is 9.84 Å². The van der Waals surface area contributed by atoms with Gasteiger partial charge in [-0.2, -0.15) is 11.8 Å². The third-order valence-corrected chi connectivity index (χ3v) is 8.37. The van der Waals surface area contributed by atoms with Gasteiger partial charge in [-0.1, -0.05) is 0 Å². The van der Waals surface area contributed by atoms with Crippen LogP contribution in [0.5, 0.6) is 0 Å². The van der Waals surface area contributed by atoms with Crippen LogP contribution < -0.4 is 16.0 Å². The number of rotatable bonds is 5. The predicted molar refractivity (Wildman–Crippen MR) is 97.4 cm³/mol. The molecule has 0 spiro atoms. The minimum atomic E-state index is -2.96. The Morgan fingerprint density at radius 3 is 2.65 bits per heavy atom. The van der Waals surface area contributed by atoms with Crippen LogP contribution in [0.15, 0.2) is 0 Å². The lowest BCUT2D eigenvalue weighted by Gasteiger charge is -2.40. The van der Waals surface area contributed by atoms with E-state index in [0.29, 0.717) is 18.1 Å². The van der Waals surface area contributed by atoms with E-state index in [1.54, 1.807) is 0 Å². The van der Waals surface area contributed by atoms with Gasteiger partial charge in [-0.15, -0.1) is 0 Å². The quantitative estimate of drug-likeness (QED) is 0.686. The van der Waals surface area contributed by atoms with Gasteiger partial charge in [-0.25, -0.2) is 8.42 Å². The molecule has 0 saturated carbocycles. The van der Waals surface area contributed by atoms with Crippen molar-refractivity contribution >= 4 is 21.6 Å². The van der Waals surface area contributed by atoms with Gasteiger partial charge in [-0.3, -0.25) is 5.32 Å². The van der Waals surface area contributed by atoms with Gasteiger partial charge < -0.3 is 10.6 Å². The fourth-order valence-corrected chi connectivity index (χ4v) is 6.32. The minimum absolute atomic E-state index is 0.337. The topological polar surface area (TPSA) is 70.2 Å². The van der Waals surface area contributed by atoms with Gasteiger partial charge in [0.05, 0.1) is 6.17 Å². The smallest absolute Gasteiger partial charge is 0.163 e. The van der Waals surface area contributed by atoms with E-state index in [9.17, 15) is 8.42 Å². The highest BCUT2D eigenvalue weighted by atomic mass is 32.2. The summed E-state index contributed by atoms with van der Waals surface area (Å²) in [5.41, 5.74) is 0. The summed E-state index contributed by atoms with van der Waals surface area (Å²) in [7, 11) is -2.96. The Bertz CT molecular complexity index is 472. The molecule has 5 nitrogen and oxygen atoms in total. The maximum atomic E-state index is 11.6. The molecule has 3 N–H and O–H groups in total. The molecule has 0 amide bonds. The first kappa shape index (κ1) is 18.0. The number of piperidine rings is 2. The Kier molecular flexibility index (Phi) is 6.29. The third kappa shape index (κ3) is 5.08. The van der Waals surface area contributed by atoms with Crippen molar-refractivity contribution in [2.45, 2.75) is 67.8 Å². The molecule has 7 heteroatoms. The van der Waals surface area contributed by atoms with Gasteiger partial charge in [0.2, 0.25) is 0 Å². The standard InChI is InChI=1S/C16H31N3O2S2/c1-23(20,21)16-8-7-12(10-18-16)14-5-2-6-15(19-14)17-11-13-4-3-9-22-13/h12-19H,2-11H2,1H3. The molecule has 5 atom stereocenters. The lowest BCUT2D eigenvalue weighted by Crippen LogP contribution is -2.57. The lowest BCUT2D eigenvalue weighted by atomic mass is 9.86. The largest absolute Gasteiger partial charge is 0.301 e. The van der Waals surface area contributed by atoms with Crippen molar-refractivity contribution in [3.05, 3.63) is 0 Å². The number of nitrogens with one attached hydrogen (secondary N) is 3. The summed E-state index contributed by atoms with van der Waals surface area (Å²) in [6.07, 6.45) is 9.94. The Morgan fingerprint density at radius 2 is 2.00 bits per heavy atom. The summed E-state index contributed by atoms with van der Waals surface area (Å²) in [6.45, 7) is 1.94. The van der Waals surface area contributed by atoms with Crippen LogP contribution >= 0.6 is 11.8 Å². The van der Waals surface area contributed by atoms with Crippen molar-refractivity contribution in [2.75, 3.05) is 25.1 Å². The van der Waals surface area contributed by atoms with Crippen molar-refractivity contribution in [1.82, 2.24) is 16.0 Å². The predicted octanol–water partition coefficient (Wildman–Crippen LogP) is 1.31. The van der Waals surface area contributed by atoms with Crippen LogP contribution in [0.3, 0.4) is 0 Å². The zero-order valence-electron chi connectivity index (χ0n) is 14.1. The van der Waals surface area contributed by atoms with Crippen molar-refractivity contribution in [1.29, 1.82) is 0 Å². The third-order valence-electron chi connectivity index (χ3n) is 5.53.